The molecule has 0 aliphatic carbocycles. The third-order valence-electron chi connectivity index (χ3n) is 1.16. The van der Waals surface area contributed by atoms with Gasteiger partial charge in [0.1, 0.15) is 0 Å². The van der Waals surface area contributed by atoms with Gasteiger partial charge < -0.3 is 5.11 Å². The van der Waals surface area contributed by atoms with E-state index in [1.807, 2.05) is 6.07 Å². The second-order valence-electron chi connectivity index (χ2n) is 1.89. The Hall–Kier alpha value is 0.500. The minimum absolute atomic E-state index is 0. The van der Waals surface area contributed by atoms with Gasteiger partial charge in [-0.2, -0.15) is 0 Å². The first-order valence-electron chi connectivity index (χ1n) is 2.64. The van der Waals surface area contributed by atoms with Crippen LogP contribution in [-0.4, -0.2) is 0 Å². The molecular weight excluding hydrogens is 203 g/mol. The molecule has 0 fully saturated rings. The van der Waals surface area contributed by atoms with Gasteiger partial charge in [-0.05, 0) is 13.0 Å². The van der Waals surface area contributed by atoms with E-state index in [1.54, 1.807) is 19.1 Å². The molecule has 0 saturated heterocycles. The van der Waals surface area contributed by atoms with Crippen molar-refractivity contribution in [2.45, 2.75) is 6.92 Å². The van der Waals surface area contributed by atoms with E-state index in [1.165, 1.54) is 0 Å². The summed E-state index contributed by atoms with van der Waals surface area (Å²) in [5.74, 6) is 0.0810. The molecule has 0 spiro atoms. The zero-order valence-corrected chi connectivity index (χ0v) is 9.60. The van der Waals surface area contributed by atoms with Crippen LogP contribution in [0, 0.1) is 6.92 Å². The topological polar surface area (TPSA) is 23.1 Å². The molecule has 0 aromatic heterocycles. The van der Waals surface area contributed by atoms with E-state index < -0.39 is 0 Å². The molecule has 0 radical (unpaired) electrons. The fourth-order valence-corrected chi connectivity index (χ4v) is 1.08. The van der Waals surface area contributed by atoms with Crippen LogP contribution in [0.4, 0.5) is 0 Å². The molecule has 0 amide bonds. The molecule has 1 nitrogen and oxygen atoms in total. The fourth-order valence-electron chi connectivity index (χ4n) is 0.617. The zero-order chi connectivity index (χ0) is 6.85. The van der Waals surface area contributed by atoms with Crippen LogP contribution in [0.2, 0.25) is 0 Å². The molecule has 0 heterocycles. The second kappa shape index (κ2) is 4.39. The SMILES string of the molecule is Cc1cccc(Br)c1[O-].[Na+]. The van der Waals surface area contributed by atoms with Crippen molar-refractivity contribution in [1.29, 1.82) is 0 Å². The van der Waals surface area contributed by atoms with Crippen LogP contribution in [0.15, 0.2) is 22.7 Å². The van der Waals surface area contributed by atoms with E-state index in [0.717, 1.165) is 5.56 Å². The first-order valence-corrected chi connectivity index (χ1v) is 3.43. The molecule has 0 atom stereocenters. The predicted octanol–water partition coefficient (Wildman–Crippen LogP) is -1.16. The van der Waals surface area contributed by atoms with Gasteiger partial charge in [0.25, 0.3) is 0 Å². The normalized spacial score (nSPS) is 8.60. The largest absolute Gasteiger partial charge is 1.00 e. The first-order chi connectivity index (χ1) is 4.22. The summed E-state index contributed by atoms with van der Waals surface area (Å²) in [5.41, 5.74) is 0.782. The summed E-state index contributed by atoms with van der Waals surface area (Å²) >= 11 is 3.13. The molecular formula is C7H6BrNaO. The Morgan fingerprint density at radius 1 is 1.40 bits per heavy atom. The van der Waals surface area contributed by atoms with Crippen molar-refractivity contribution in [3.05, 3.63) is 28.2 Å². The molecule has 3 heteroatoms. The summed E-state index contributed by atoms with van der Waals surface area (Å²) in [4.78, 5) is 0. The maximum absolute atomic E-state index is 10.9. The zero-order valence-electron chi connectivity index (χ0n) is 6.02. The summed E-state index contributed by atoms with van der Waals surface area (Å²) < 4.78 is 0.641. The molecule has 0 saturated carbocycles. The van der Waals surface area contributed by atoms with Crippen LogP contribution in [-0.2, 0) is 0 Å². The summed E-state index contributed by atoms with van der Waals surface area (Å²) in [6.45, 7) is 1.80. The Bertz CT molecular complexity index is 205. The average Bonchev–Trinajstić information content (AvgIpc) is 1.83. The van der Waals surface area contributed by atoms with Crippen LogP contribution in [0.25, 0.3) is 0 Å². The van der Waals surface area contributed by atoms with Gasteiger partial charge in [0.2, 0.25) is 0 Å². The number of para-hydroxylation sites is 1. The Morgan fingerprint density at radius 3 is 2.40 bits per heavy atom. The van der Waals surface area contributed by atoms with Gasteiger partial charge in [-0.25, -0.2) is 0 Å². The number of aryl methyl sites for hydroxylation is 1. The van der Waals surface area contributed by atoms with Crippen LogP contribution >= 0.6 is 15.9 Å². The van der Waals surface area contributed by atoms with Gasteiger partial charge >= 0.3 is 29.6 Å². The van der Waals surface area contributed by atoms with E-state index in [-0.39, 0.29) is 35.3 Å². The molecule has 48 valence electrons. The van der Waals surface area contributed by atoms with E-state index in [4.69, 9.17) is 0 Å². The minimum Gasteiger partial charge on any atom is -0.872 e. The third kappa shape index (κ3) is 2.27. The van der Waals surface area contributed by atoms with Gasteiger partial charge in [0, 0.05) is 4.47 Å². The van der Waals surface area contributed by atoms with Crippen LogP contribution < -0.4 is 34.7 Å². The molecule has 1 aromatic rings. The predicted molar refractivity (Wildman–Crippen MR) is 38.3 cm³/mol. The molecule has 0 N–H and O–H groups in total. The molecule has 0 aliphatic heterocycles. The average molecular weight is 209 g/mol. The van der Waals surface area contributed by atoms with Gasteiger partial charge in [-0.1, -0.05) is 39.4 Å². The maximum atomic E-state index is 10.9. The number of halogens is 1. The van der Waals surface area contributed by atoms with E-state index in [0.29, 0.717) is 4.47 Å². The van der Waals surface area contributed by atoms with Gasteiger partial charge in [-0.3, -0.25) is 0 Å². The van der Waals surface area contributed by atoms with Crippen molar-refractivity contribution in [3.63, 3.8) is 0 Å². The summed E-state index contributed by atoms with van der Waals surface area (Å²) in [7, 11) is 0. The Balaban J connectivity index is 0.000000810. The number of rotatable bonds is 0. The molecule has 1 aromatic carbocycles. The van der Waals surface area contributed by atoms with Crippen molar-refractivity contribution >= 4 is 15.9 Å². The third-order valence-corrected chi connectivity index (χ3v) is 1.79. The van der Waals surface area contributed by atoms with Gasteiger partial charge in [0.05, 0.1) is 0 Å². The van der Waals surface area contributed by atoms with Crippen molar-refractivity contribution in [1.82, 2.24) is 0 Å². The first kappa shape index (κ1) is 10.5. The monoisotopic (exact) mass is 208 g/mol. The molecule has 1 rings (SSSR count). The smallest absolute Gasteiger partial charge is 0.872 e. The van der Waals surface area contributed by atoms with Gasteiger partial charge in [-0.15, -0.1) is 0 Å². The Morgan fingerprint density at radius 2 is 2.00 bits per heavy atom. The molecule has 0 bridgehead atoms. The van der Waals surface area contributed by atoms with Crippen molar-refractivity contribution in [2.75, 3.05) is 0 Å². The quantitative estimate of drug-likeness (QED) is 0.494. The molecule has 0 unspecified atom stereocenters. The van der Waals surface area contributed by atoms with Crippen LogP contribution in [0.3, 0.4) is 0 Å². The standard InChI is InChI=1S/C7H7BrO.Na/c1-5-3-2-4-6(8)7(5)9;/h2-4,9H,1H3;/q;+1/p-1. The van der Waals surface area contributed by atoms with Crippen LogP contribution in [0.1, 0.15) is 5.56 Å². The van der Waals surface area contributed by atoms with Crippen molar-refractivity contribution in [2.24, 2.45) is 0 Å². The van der Waals surface area contributed by atoms with E-state index in [9.17, 15) is 5.11 Å². The van der Waals surface area contributed by atoms with E-state index >= 15 is 0 Å². The summed E-state index contributed by atoms with van der Waals surface area (Å²) in [6, 6.07) is 5.39. The van der Waals surface area contributed by atoms with Crippen LogP contribution in [0.5, 0.6) is 5.75 Å². The summed E-state index contributed by atoms with van der Waals surface area (Å²) in [6.07, 6.45) is 0. The van der Waals surface area contributed by atoms with Gasteiger partial charge in [0.15, 0.2) is 0 Å². The molecule has 0 aliphatic rings. The Kier molecular flexibility index (Phi) is 4.61. The van der Waals surface area contributed by atoms with E-state index in [2.05, 4.69) is 15.9 Å². The number of hydrogen-bond acceptors (Lipinski definition) is 1. The molecule has 10 heavy (non-hydrogen) atoms. The Labute approximate surface area is 90.9 Å². The second-order valence-corrected chi connectivity index (χ2v) is 2.74. The maximum Gasteiger partial charge on any atom is 1.00 e. The number of hydrogen-bond donors (Lipinski definition) is 0. The number of benzene rings is 1. The summed E-state index contributed by atoms with van der Waals surface area (Å²) in [5, 5.41) is 10.9. The minimum atomic E-state index is 0. The fraction of sp³-hybridized carbons (Fsp3) is 0.143. The van der Waals surface area contributed by atoms with Crippen molar-refractivity contribution in [3.8, 4) is 5.75 Å². The van der Waals surface area contributed by atoms with Crippen molar-refractivity contribution < 1.29 is 34.7 Å².